The molecular weight excluding hydrogens is 270 g/mol. The van der Waals surface area contributed by atoms with Crippen LogP contribution in [0.5, 0.6) is 11.5 Å². The lowest BCUT2D eigenvalue weighted by Gasteiger charge is -2.12. The highest BCUT2D eigenvalue weighted by Gasteiger charge is 2.09. The minimum Gasteiger partial charge on any atom is -0.490 e. The van der Waals surface area contributed by atoms with E-state index in [0.29, 0.717) is 24.1 Å². The first-order valence-electron chi connectivity index (χ1n) is 7.11. The van der Waals surface area contributed by atoms with Crippen molar-refractivity contribution in [3.63, 3.8) is 0 Å². The van der Waals surface area contributed by atoms with Crippen molar-refractivity contribution in [2.75, 3.05) is 13.2 Å². The highest BCUT2D eigenvalue weighted by Crippen LogP contribution is 2.29. The minimum absolute atomic E-state index is 0.230. The maximum Gasteiger partial charge on any atom is 0.264 e. The van der Waals surface area contributed by atoms with E-state index in [9.17, 15) is 0 Å². The average Bonchev–Trinajstić information content (AvgIpc) is 2.90. The lowest BCUT2D eigenvalue weighted by molar-refractivity contribution is 0.228. The van der Waals surface area contributed by atoms with E-state index in [1.54, 1.807) is 6.92 Å². The summed E-state index contributed by atoms with van der Waals surface area (Å²) in [4.78, 5) is 4.11. The predicted molar refractivity (Wildman–Crippen MR) is 78.4 cm³/mol. The molecule has 6 heteroatoms. The highest BCUT2D eigenvalue weighted by atomic mass is 16.5. The molecule has 0 aliphatic carbocycles. The van der Waals surface area contributed by atoms with Crippen LogP contribution in [0.15, 0.2) is 22.7 Å². The van der Waals surface area contributed by atoms with Gasteiger partial charge in [0.25, 0.3) is 5.89 Å². The molecule has 0 saturated carbocycles. The molecule has 2 aromatic rings. The molecule has 0 unspecified atom stereocenters. The van der Waals surface area contributed by atoms with Crippen LogP contribution < -0.4 is 14.8 Å². The second-order valence-corrected chi connectivity index (χ2v) is 4.52. The number of rotatable bonds is 8. The van der Waals surface area contributed by atoms with Gasteiger partial charge in [0, 0.05) is 6.54 Å². The lowest BCUT2D eigenvalue weighted by atomic mass is 10.2. The molecule has 0 radical (unpaired) electrons. The Hall–Kier alpha value is -2.08. The van der Waals surface area contributed by atoms with Crippen molar-refractivity contribution >= 4 is 0 Å². The number of benzene rings is 1. The summed E-state index contributed by atoms with van der Waals surface area (Å²) in [6, 6.07) is 5.90. The summed E-state index contributed by atoms with van der Waals surface area (Å²) in [7, 11) is 0. The van der Waals surface area contributed by atoms with Gasteiger partial charge >= 0.3 is 0 Å². The molecule has 1 aromatic carbocycles. The molecule has 0 bridgehead atoms. The van der Waals surface area contributed by atoms with E-state index < -0.39 is 0 Å². The van der Waals surface area contributed by atoms with Gasteiger partial charge in [0.05, 0.1) is 6.61 Å². The second kappa shape index (κ2) is 7.64. The standard InChI is InChI=1S/C15H21N3O3/c1-4-16-9-12-6-7-13(14(8-12)19-5-2)20-10-15-17-11(3)18-21-15/h6-8,16H,4-5,9-10H2,1-3H3. The Labute approximate surface area is 124 Å². The Morgan fingerprint density at radius 2 is 2.05 bits per heavy atom. The van der Waals surface area contributed by atoms with Gasteiger partial charge in [0.1, 0.15) is 0 Å². The summed E-state index contributed by atoms with van der Waals surface area (Å²) in [6.45, 7) is 8.34. The van der Waals surface area contributed by atoms with Crippen LogP contribution in [0.2, 0.25) is 0 Å². The fraction of sp³-hybridized carbons (Fsp3) is 0.467. The van der Waals surface area contributed by atoms with E-state index in [1.807, 2.05) is 25.1 Å². The molecule has 0 fully saturated rings. The van der Waals surface area contributed by atoms with E-state index in [0.717, 1.165) is 24.4 Å². The average molecular weight is 291 g/mol. The third-order valence-electron chi connectivity index (χ3n) is 2.81. The van der Waals surface area contributed by atoms with E-state index in [-0.39, 0.29) is 6.61 Å². The van der Waals surface area contributed by atoms with Crippen molar-refractivity contribution in [2.24, 2.45) is 0 Å². The smallest absolute Gasteiger partial charge is 0.264 e. The van der Waals surface area contributed by atoms with E-state index >= 15 is 0 Å². The first kappa shape index (κ1) is 15.3. The minimum atomic E-state index is 0.230. The van der Waals surface area contributed by atoms with Crippen molar-refractivity contribution in [1.82, 2.24) is 15.5 Å². The number of hydrogen-bond acceptors (Lipinski definition) is 6. The Kier molecular flexibility index (Phi) is 5.57. The topological polar surface area (TPSA) is 69.4 Å². The zero-order valence-corrected chi connectivity index (χ0v) is 12.7. The number of hydrogen-bond donors (Lipinski definition) is 1. The third-order valence-corrected chi connectivity index (χ3v) is 2.81. The molecular formula is C15H21N3O3. The highest BCUT2D eigenvalue weighted by molar-refractivity contribution is 5.43. The van der Waals surface area contributed by atoms with Gasteiger partial charge < -0.3 is 19.3 Å². The van der Waals surface area contributed by atoms with Gasteiger partial charge in [-0.15, -0.1) is 0 Å². The summed E-state index contributed by atoms with van der Waals surface area (Å²) in [5.41, 5.74) is 1.15. The van der Waals surface area contributed by atoms with Crippen LogP contribution in [-0.2, 0) is 13.2 Å². The number of aryl methyl sites for hydroxylation is 1. The largest absolute Gasteiger partial charge is 0.490 e. The molecule has 21 heavy (non-hydrogen) atoms. The van der Waals surface area contributed by atoms with Gasteiger partial charge in [-0.3, -0.25) is 0 Å². The molecule has 6 nitrogen and oxygen atoms in total. The van der Waals surface area contributed by atoms with Crippen molar-refractivity contribution in [2.45, 2.75) is 33.9 Å². The summed E-state index contributed by atoms with van der Waals surface area (Å²) in [6.07, 6.45) is 0. The van der Waals surface area contributed by atoms with E-state index in [1.165, 1.54) is 0 Å². The normalized spacial score (nSPS) is 10.6. The van der Waals surface area contributed by atoms with Crippen LogP contribution in [0.25, 0.3) is 0 Å². The van der Waals surface area contributed by atoms with E-state index in [4.69, 9.17) is 14.0 Å². The van der Waals surface area contributed by atoms with Crippen molar-refractivity contribution in [1.29, 1.82) is 0 Å². The fourth-order valence-corrected chi connectivity index (χ4v) is 1.86. The number of nitrogens with one attached hydrogen (secondary N) is 1. The predicted octanol–water partition coefficient (Wildman–Crippen LogP) is 2.47. The SMILES string of the molecule is CCNCc1ccc(OCc2nc(C)no2)c(OCC)c1. The van der Waals surface area contributed by atoms with Crippen molar-refractivity contribution in [3.05, 3.63) is 35.5 Å². The Morgan fingerprint density at radius 3 is 2.71 bits per heavy atom. The molecule has 1 aromatic heterocycles. The lowest BCUT2D eigenvalue weighted by Crippen LogP contribution is -2.12. The molecule has 1 heterocycles. The molecule has 0 atom stereocenters. The van der Waals surface area contributed by atoms with Crippen LogP contribution in [0.1, 0.15) is 31.1 Å². The Balaban J connectivity index is 2.06. The number of ether oxygens (including phenoxy) is 2. The van der Waals surface area contributed by atoms with Crippen molar-refractivity contribution < 1.29 is 14.0 Å². The van der Waals surface area contributed by atoms with Crippen LogP contribution >= 0.6 is 0 Å². The van der Waals surface area contributed by atoms with Gasteiger partial charge in [0.15, 0.2) is 23.9 Å². The molecule has 0 amide bonds. The summed E-state index contributed by atoms with van der Waals surface area (Å²) < 4.78 is 16.4. The van der Waals surface area contributed by atoms with Gasteiger partial charge in [0.2, 0.25) is 0 Å². The Bertz CT molecular complexity index is 569. The van der Waals surface area contributed by atoms with Crippen molar-refractivity contribution in [3.8, 4) is 11.5 Å². The molecule has 2 rings (SSSR count). The fourth-order valence-electron chi connectivity index (χ4n) is 1.86. The van der Waals surface area contributed by atoms with Gasteiger partial charge in [-0.1, -0.05) is 18.1 Å². The van der Waals surface area contributed by atoms with Gasteiger partial charge in [-0.25, -0.2) is 0 Å². The van der Waals surface area contributed by atoms with Crippen LogP contribution in [0.3, 0.4) is 0 Å². The summed E-state index contributed by atoms with van der Waals surface area (Å²) >= 11 is 0. The van der Waals surface area contributed by atoms with E-state index in [2.05, 4.69) is 22.4 Å². The third kappa shape index (κ3) is 4.46. The van der Waals surface area contributed by atoms with Crippen LogP contribution in [0, 0.1) is 6.92 Å². The zero-order chi connectivity index (χ0) is 15.1. The van der Waals surface area contributed by atoms with Crippen LogP contribution in [0.4, 0.5) is 0 Å². The monoisotopic (exact) mass is 291 g/mol. The molecule has 1 N–H and O–H groups in total. The quantitative estimate of drug-likeness (QED) is 0.805. The molecule has 0 saturated heterocycles. The van der Waals surface area contributed by atoms with Gasteiger partial charge in [-0.05, 0) is 38.1 Å². The number of nitrogens with zero attached hydrogens (tertiary/aromatic N) is 2. The number of aromatic nitrogens is 2. The van der Waals surface area contributed by atoms with Crippen LogP contribution in [-0.4, -0.2) is 23.3 Å². The first-order chi connectivity index (χ1) is 10.2. The molecule has 0 aliphatic heterocycles. The molecule has 0 aliphatic rings. The van der Waals surface area contributed by atoms with Gasteiger partial charge in [-0.2, -0.15) is 4.98 Å². The maximum atomic E-state index is 5.71. The Morgan fingerprint density at radius 1 is 1.19 bits per heavy atom. The first-order valence-corrected chi connectivity index (χ1v) is 7.11. The zero-order valence-electron chi connectivity index (χ0n) is 12.7. The summed E-state index contributed by atoms with van der Waals surface area (Å²) in [5, 5.41) is 7.01. The maximum absolute atomic E-state index is 5.71. The second-order valence-electron chi connectivity index (χ2n) is 4.52. The molecule has 0 spiro atoms. The molecule has 114 valence electrons. The summed E-state index contributed by atoms with van der Waals surface area (Å²) in [5.74, 6) is 2.45.